The predicted molar refractivity (Wildman–Crippen MR) is 57.3 cm³/mol. The molecule has 0 radical (unpaired) electrons. The van der Waals surface area contributed by atoms with Crippen LogP contribution in [-0.4, -0.2) is 27.1 Å². The van der Waals surface area contributed by atoms with Gasteiger partial charge in [0.25, 0.3) is 0 Å². The minimum absolute atomic E-state index is 0.157. The van der Waals surface area contributed by atoms with Crippen molar-refractivity contribution in [3.05, 3.63) is 24.3 Å². The number of benzene rings is 1. The Balaban J connectivity index is 2.57. The van der Waals surface area contributed by atoms with Crippen LogP contribution in [0.4, 0.5) is 11.4 Å². The lowest BCUT2D eigenvalue weighted by Gasteiger charge is -2.28. The van der Waals surface area contributed by atoms with Gasteiger partial charge in [0.2, 0.25) is 15.9 Å². The first kappa shape index (κ1) is 9.97. The van der Waals surface area contributed by atoms with Crippen LogP contribution in [0.3, 0.4) is 0 Å². The van der Waals surface area contributed by atoms with Crippen molar-refractivity contribution >= 4 is 27.3 Å². The molecule has 1 N–H and O–H groups in total. The molecule has 0 unspecified atom stereocenters. The number of carbonyl (C=O) groups excluding carboxylic acids is 1. The molecule has 0 aromatic heterocycles. The summed E-state index contributed by atoms with van der Waals surface area (Å²) in [5.74, 6) is -0.320. The van der Waals surface area contributed by atoms with Gasteiger partial charge in [-0.3, -0.25) is 9.10 Å². The van der Waals surface area contributed by atoms with E-state index in [0.29, 0.717) is 11.4 Å². The highest BCUT2D eigenvalue weighted by Crippen LogP contribution is 2.30. The quantitative estimate of drug-likeness (QED) is 0.754. The van der Waals surface area contributed by atoms with Crippen LogP contribution in [0.1, 0.15) is 0 Å². The number of sulfonamides is 1. The van der Waals surface area contributed by atoms with Crippen LogP contribution in [0.5, 0.6) is 0 Å². The number of fused-ring (bicyclic) bond motifs is 1. The fourth-order valence-electron chi connectivity index (χ4n) is 1.50. The van der Waals surface area contributed by atoms with E-state index in [1.807, 2.05) is 0 Å². The van der Waals surface area contributed by atoms with E-state index in [2.05, 4.69) is 5.32 Å². The SMILES string of the molecule is CS(=O)(=O)N1CC(=O)Nc2ccccc21. The van der Waals surface area contributed by atoms with Gasteiger partial charge in [0.1, 0.15) is 6.54 Å². The van der Waals surface area contributed by atoms with E-state index in [1.54, 1.807) is 24.3 Å². The molecule has 1 aliphatic rings. The van der Waals surface area contributed by atoms with E-state index < -0.39 is 10.0 Å². The minimum atomic E-state index is -3.40. The summed E-state index contributed by atoms with van der Waals surface area (Å²) < 4.78 is 24.0. The number of para-hydroxylation sites is 2. The van der Waals surface area contributed by atoms with Crippen LogP contribution in [0.15, 0.2) is 24.3 Å². The summed E-state index contributed by atoms with van der Waals surface area (Å²) in [6.45, 7) is -0.157. The molecule has 1 heterocycles. The minimum Gasteiger partial charge on any atom is -0.323 e. The molecule has 1 aromatic rings. The van der Waals surface area contributed by atoms with Crippen molar-refractivity contribution < 1.29 is 13.2 Å². The van der Waals surface area contributed by atoms with E-state index in [0.717, 1.165) is 10.6 Å². The van der Waals surface area contributed by atoms with Crippen LogP contribution in [0.25, 0.3) is 0 Å². The van der Waals surface area contributed by atoms with E-state index in [4.69, 9.17) is 0 Å². The van der Waals surface area contributed by atoms with Crippen molar-refractivity contribution in [2.75, 3.05) is 22.4 Å². The molecule has 5 nitrogen and oxygen atoms in total. The highest BCUT2D eigenvalue weighted by molar-refractivity contribution is 7.92. The Hall–Kier alpha value is -1.56. The van der Waals surface area contributed by atoms with Crippen molar-refractivity contribution in [3.8, 4) is 0 Å². The lowest BCUT2D eigenvalue weighted by atomic mass is 10.2. The molecule has 1 amide bonds. The Morgan fingerprint density at radius 2 is 2.00 bits per heavy atom. The second-order valence-corrected chi connectivity index (χ2v) is 5.24. The monoisotopic (exact) mass is 226 g/mol. The van der Waals surface area contributed by atoms with Gasteiger partial charge in [-0.05, 0) is 12.1 Å². The van der Waals surface area contributed by atoms with Crippen molar-refractivity contribution in [3.63, 3.8) is 0 Å². The first-order valence-corrected chi connectivity index (χ1v) is 6.20. The fourth-order valence-corrected chi connectivity index (χ4v) is 2.37. The lowest BCUT2D eigenvalue weighted by Crippen LogP contribution is -2.41. The molecule has 0 spiro atoms. The van der Waals surface area contributed by atoms with Gasteiger partial charge in [-0.15, -0.1) is 0 Å². The van der Waals surface area contributed by atoms with E-state index in [9.17, 15) is 13.2 Å². The number of hydrogen-bond acceptors (Lipinski definition) is 3. The van der Waals surface area contributed by atoms with Crippen LogP contribution >= 0.6 is 0 Å². The van der Waals surface area contributed by atoms with Gasteiger partial charge >= 0.3 is 0 Å². The number of amides is 1. The summed E-state index contributed by atoms with van der Waals surface area (Å²) in [4.78, 5) is 11.3. The van der Waals surface area contributed by atoms with Crippen molar-refractivity contribution in [1.29, 1.82) is 0 Å². The molecule has 0 atom stereocenters. The second-order valence-electron chi connectivity index (χ2n) is 3.33. The zero-order valence-electron chi connectivity index (χ0n) is 8.10. The molecule has 2 rings (SSSR count). The number of hydrogen-bond donors (Lipinski definition) is 1. The number of anilines is 2. The van der Waals surface area contributed by atoms with Gasteiger partial charge in [0, 0.05) is 0 Å². The highest BCUT2D eigenvalue weighted by atomic mass is 32.2. The lowest BCUT2D eigenvalue weighted by molar-refractivity contribution is -0.115. The molecule has 0 saturated carbocycles. The Morgan fingerprint density at radius 1 is 1.33 bits per heavy atom. The summed E-state index contributed by atoms with van der Waals surface area (Å²) in [6, 6.07) is 6.81. The first-order chi connectivity index (χ1) is 6.98. The van der Waals surface area contributed by atoms with Crippen LogP contribution in [0, 0.1) is 0 Å². The molecule has 1 aliphatic heterocycles. The Kier molecular flexibility index (Phi) is 2.15. The molecule has 0 saturated heterocycles. The number of nitrogens with one attached hydrogen (secondary N) is 1. The third kappa shape index (κ3) is 1.80. The first-order valence-electron chi connectivity index (χ1n) is 4.35. The largest absolute Gasteiger partial charge is 0.323 e. The number of rotatable bonds is 1. The summed E-state index contributed by atoms with van der Waals surface area (Å²) in [6.07, 6.45) is 1.09. The fraction of sp³-hybridized carbons (Fsp3) is 0.222. The Labute approximate surface area is 87.8 Å². The molecule has 6 heteroatoms. The maximum absolute atomic E-state index is 11.4. The zero-order chi connectivity index (χ0) is 11.1. The van der Waals surface area contributed by atoms with Gasteiger partial charge < -0.3 is 5.32 Å². The average Bonchev–Trinajstić information content (AvgIpc) is 2.15. The topological polar surface area (TPSA) is 66.5 Å². The van der Waals surface area contributed by atoms with E-state index in [-0.39, 0.29) is 12.5 Å². The second kappa shape index (κ2) is 3.23. The number of nitrogens with zero attached hydrogens (tertiary/aromatic N) is 1. The Bertz CT molecular complexity index is 510. The third-order valence-electron chi connectivity index (χ3n) is 2.13. The third-order valence-corrected chi connectivity index (χ3v) is 3.26. The summed E-state index contributed by atoms with van der Waals surface area (Å²) in [5, 5.41) is 2.62. The molecular weight excluding hydrogens is 216 g/mol. The smallest absolute Gasteiger partial charge is 0.245 e. The van der Waals surface area contributed by atoms with Crippen molar-refractivity contribution in [2.45, 2.75) is 0 Å². The predicted octanol–water partition coefficient (Wildman–Crippen LogP) is 0.405. The van der Waals surface area contributed by atoms with E-state index >= 15 is 0 Å². The van der Waals surface area contributed by atoms with Gasteiger partial charge in [0.15, 0.2) is 0 Å². The molecule has 15 heavy (non-hydrogen) atoms. The standard InChI is InChI=1S/C9H10N2O3S/c1-15(13,14)11-6-9(12)10-7-4-2-3-5-8(7)11/h2-5H,6H2,1H3,(H,10,12). The molecule has 80 valence electrons. The van der Waals surface area contributed by atoms with Gasteiger partial charge in [-0.1, -0.05) is 12.1 Å². The van der Waals surface area contributed by atoms with Crippen LogP contribution in [-0.2, 0) is 14.8 Å². The van der Waals surface area contributed by atoms with Crippen LogP contribution < -0.4 is 9.62 Å². The normalized spacial score (nSPS) is 15.8. The maximum atomic E-state index is 11.4. The van der Waals surface area contributed by atoms with Gasteiger partial charge in [0.05, 0.1) is 17.6 Å². The van der Waals surface area contributed by atoms with Gasteiger partial charge in [-0.2, -0.15) is 0 Å². The van der Waals surface area contributed by atoms with Crippen molar-refractivity contribution in [2.24, 2.45) is 0 Å². The van der Waals surface area contributed by atoms with Gasteiger partial charge in [-0.25, -0.2) is 8.42 Å². The molecule has 0 aliphatic carbocycles. The highest BCUT2D eigenvalue weighted by Gasteiger charge is 2.27. The molecule has 1 aromatic carbocycles. The summed E-state index contributed by atoms with van der Waals surface area (Å²) in [7, 11) is -3.40. The molecule has 0 fully saturated rings. The van der Waals surface area contributed by atoms with Crippen molar-refractivity contribution in [1.82, 2.24) is 0 Å². The zero-order valence-corrected chi connectivity index (χ0v) is 8.91. The molecule has 0 bridgehead atoms. The Morgan fingerprint density at radius 3 is 2.67 bits per heavy atom. The summed E-state index contributed by atoms with van der Waals surface area (Å²) in [5.41, 5.74) is 1.04. The number of carbonyl (C=O) groups is 1. The maximum Gasteiger partial charge on any atom is 0.245 e. The molecular formula is C9H10N2O3S. The van der Waals surface area contributed by atoms with E-state index in [1.165, 1.54) is 0 Å². The van der Waals surface area contributed by atoms with Crippen LogP contribution in [0.2, 0.25) is 0 Å². The summed E-state index contributed by atoms with van der Waals surface area (Å²) >= 11 is 0. The average molecular weight is 226 g/mol.